The van der Waals surface area contributed by atoms with E-state index in [0.717, 1.165) is 41.5 Å². The maximum atomic E-state index is 5.93. The smallest absolute Gasteiger partial charge is 0.169 e. The minimum Gasteiger partial charge on any atom is -0.496 e. The topological polar surface area (TPSA) is 52.5 Å². The highest BCUT2D eigenvalue weighted by Crippen LogP contribution is 2.37. The van der Waals surface area contributed by atoms with Crippen LogP contribution in [0.15, 0.2) is 65.7 Å². The Balaban J connectivity index is 1.52. The third kappa shape index (κ3) is 4.80. The number of aliphatic imine (C=N–C) groups is 1. The molecule has 1 aliphatic heterocycles. The Labute approximate surface area is 189 Å². The molecular formula is C26H28N2O4. The molecule has 6 heteroatoms. The Hall–Kier alpha value is -3.67. The summed E-state index contributed by atoms with van der Waals surface area (Å²) in [6.07, 6.45) is 4.20. The second-order valence-electron chi connectivity index (χ2n) is 7.47. The fraction of sp³-hybridized carbons (Fsp3) is 0.269. The lowest BCUT2D eigenvalue weighted by molar-refractivity contribution is 0.379. The normalized spacial score (nSPS) is 13.4. The van der Waals surface area contributed by atoms with Gasteiger partial charge in [-0.25, -0.2) is 0 Å². The molecule has 0 aromatic heterocycles. The molecule has 1 fully saturated rings. The van der Waals surface area contributed by atoms with E-state index >= 15 is 0 Å². The zero-order valence-electron chi connectivity index (χ0n) is 18.7. The predicted octanol–water partition coefficient (Wildman–Crippen LogP) is 5.86. The summed E-state index contributed by atoms with van der Waals surface area (Å²) in [6, 6.07) is 19.2. The first-order valence-electron chi connectivity index (χ1n) is 10.7. The molecule has 166 valence electrons. The maximum Gasteiger partial charge on any atom is 0.169 e. The molecule has 32 heavy (non-hydrogen) atoms. The van der Waals surface area contributed by atoms with Crippen molar-refractivity contribution < 1.29 is 18.9 Å². The molecule has 4 rings (SSSR count). The van der Waals surface area contributed by atoms with Crippen molar-refractivity contribution in [2.75, 3.05) is 39.3 Å². The minimum absolute atomic E-state index is 0.668. The lowest BCUT2D eigenvalue weighted by Crippen LogP contribution is -2.18. The molecule has 6 nitrogen and oxygen atoms in total. The van der Waals surface area contributed by atoms with E-state index in [9.17, 15) is 0 Å². The number of hydrogen-bond acceptors (Lipinski definition) is 6. The number of rotatable bonds is 8. The van der Waals surface area contributed by atoms with Crippen LogP contribution in [0.2, 0.25) is 0 Å². The fourth-order valence-electron chi connectivity index (χ4n) is 3.79. The van der Waals surface area contributed by atoms with Crippen LogP contribution in [-0.2, 0) is 0 Å². The van der Waals surface area contributed by atoms with Gasteiger partial charge in [0.2, 0.25) is 0 Å². The van der Waals surface area contributed by atoms with Gasteiger partial charge in [0.05, 0.1) is 32.7 Å². The van der Waals surface area contributed by atoms with Gasteiger partial charge in [-0.3, -0.25) is 4.99 Å². The molecule has 0 bridgehead atoms. The van der Waals surface area contributed by atoms with E-state index < -0.39 is 0 Å². The molecule has 0 spiro atoms. The Bertz CT molecular complexity index is 1070. The average molecular weight is 433 g/mol. The first-order valence-corrected chi connectivity index (χ1v) is 10.7. The van der Waals surface area contributed by atoms with Gasteiger partial charge in [0.1, 0.15) is 17.2 Å². The standard InChI is InChI=1S/C26H28N2O4/c1-29-23-8-4-5-9-24(23)32-21-12-10-20(11-13-21)27-18-19-16-26(31-3)22(17-25(19)30-2)28-14-6-7-15-28/h4-5,8-13,16-18H,6-7,14-15H2,1-3H3. The van der Waals surface area contributed by atoms with Crippen molar-refractivity contribution in [2.24, 2.45) is 4.99 Å². The van der Waals surface area contributed by atoms with Gasteiger partial charge in [-0.15, -0.1) is 0 Å². The van der Waals surface area contributed by atoms with Crippen molar-refractivity contribution in [1.82, 2.24) is 0 Å². The van der Waals surface area contributed by atoms with Crippen LogP contribution in [0.5, 0.6) is 28.7 Å². The van der Waals surface area contributed by atoms with Gasteiger partial charge in [-0.05, 0) is 55.3 Å². The van der Waals surface area contributed by atoms with Crippen molar-refractivity contribution in [3.63, 3.8) is 0 Å². The minimum atomic E-state index is 0.668. The summed E-state index contributed by atoms with van der Waals surface area (Å²) in [7, 11) is 5.00. The number of anilines is 1. The Morgan fingerprint density at radius 3 is 2.06 bits per heavy atom. The van der Waals surface area contributed by atoms with Crippen molar-refractivity contribution >= 4 is 17.6 Å². The molecule has 0 saturated carbocycles. The number of nitrogens with zero attached hydrogens (tertiary/aromatic N) is 2. The van der Waals surface area contributed by atoms with Crippen molar-refractivity contribution in [3.8, 4) is 28.7 Å². The highest BCUT2D eigenvalue weighted by atomic mass is 16.5. The van der Waals surface area contributed by atoms with E-state index in [1.54, 1.807) is 27.5 Å². The molecule has 0 amide bonds. The second kappa shape index (κ2) is 10.1. The van der Waals surface area contributed by atoms with Gasteiger partial charge in [0.25, 0.3) is 0 Å². The van der Waals surface area contributed by atoms with Crippen LogP contribution in [0.25, 0.3) is 0 Å². The van der Waals surface area contributed by atoms with Crippen LogP contribution in [0.3, 0.4) is 0 Å². The Morgan fingerprint density at radius 1 is 0.750 bits per heavy atom. The largest absolute Gasteiger partial charge is 0.496 e. The zero-order valence-corrected chi connectivity index (χ0v) is 18.7. The van der Waals surface area contributed by atoms with Gasteiger partial charge in [0, 0.05) is 30.9 Å². The first-order chi connectivity index (χ1) is 15.7. The summed E-state index contributed by atoms with van der Waals surface area (Å²) in [4.78, 5) is 6.95. The van der Waals surface area contributed by atoms with Crippen molar-refractivity contribution in [1.29, 1.82) is 0 Å². The molecular weight excluding hydrogens is 404 g/mol. The molecule has 0 atom stereocenters. The number of para-hydroxylation sites is 2. The van der Waals surface area contributed by atoms with E-state index in [-0.39, 0.29) is 0 Å². The molecule has 3 aromatic rings. The van der Waals surface area contributed by atoms with Crippen LogP contribution in [0, 0.1) is 0 Å². The van der Waals surface area contributed by atoms with E-state index in [2.05, 4.69) is 9.89 Å². The van der Waals surface area contributed by atoms with E-state index in [4.69, 9.17) is 18.9 Å². The first kappa shape index (κ1) is 21.6. The lowest BCUT2D eigenvalue weighted by Gasteiger charge is -2.22. The summed E-state index contributed by atoms with van der Waals surface area (Å²) in [6.45, 7) is 2.08. The summed E-state index contributed by atoms with van der Waals surface area (Å²) >= 11 is 0. The van der Waals surface area contributed by atoms with Gasteiger partial charge < -0.3 is 23.8 Å². The number of benzene rings is 3. The second-order valence-corrected chi connectivity index (χ2v) is 7.47. The summed E-state index contributed by atoms with van der Waals surface area (Å²) in [5, 5.41) is 0. The number of methoxy groups -OCH3 is 3. The Morgan fingerprint density at radius 2 is 1.41 bits per heavy atom. The fourth-order valence-corrected chi connectivity index (χ4v) is 3.79. The van der Waals surface area contributed by atoms with Crippen LogP contribution >= 0.6 is 0 Å². The number of ether oxygens (including phenoxy) is 4. The molecule has 1 saturated heterocycles. The molecule has 3 aromatic carbocycles. The van der Waals surface area contributed by atoms with Gasteiger partial charge in [0.15, 0.2) is 11.5 Å². The highest BCUT2D eigenvalue weighted by Gasteiger charge is 2.19. The van der Waals surface area contributed by atoms with E-state index in [1.165, 1.54) is 12.8 Å². The van der Waals surface area contributed by atoms with Gasteiger partial charge in [-0.1, -0.05) is 12.1 Å². The number of hydrogen-bond donors (Lipinski definition) is 0. The summed E-state index contributed by atoms with van der Waals surface area (Å²) < 4.78 is 22.6. The zero-order chi connectivity index (χ0) is 22.3. The molecule has 0 unspecified atom stereocenters. The van der Waals surface area contributed by atoms with E-state index in [1.807, 2.05) is 60.7 Å². The van der Waals surface area contributed by atoms with Crippen LogP contribution in [0.4, 0.5) is 11.4 Å². The Kier molecular flexibility index (Phi) is 6.80. The van der Waals surface area contributed by atoms with Crippen LogP contribution in [0.1, 0.15) is 18.4 Å². The average Bonchev–Trinajstić information content (AvgIpc) is 3.38. The van der Waals surface area contributed by atoms with Crippen LogP contribution in [-0.4, -0.2) is 40.6 Å². The quantitative estimate of drug-likeness (QED) is 0.418. The maximum absolute atomic E-state index is 5.93. The predicted molar refractivity (Wildman–Crippen MR) is 128 cm³/mol. The lowest BCUT2D eigenvalue weighted by atomic mass is 10.1. The molecule has 0 aliphatic carbocycles. The summed E-state index contributed by atoms with van der Waals surface area (Å²) in [5.74, 6) is 3.67. The summed E-state index contributed by atoms with van der Waals surface area (Å²) in [5.41, 5.74) is 2.74. The molecule has 1 aliphatic rings. The van der Waals surface area contributed by atoms with Gasteiger partial charge in [-0.2, -0.15) is 0 Å². The van der Waals surface area contributed by atoms with Crippen molar-refractivity contribution in [2.45, 2.75) is 12.8 Å². The molecule has 0 N–H and O–H groups in total. The molecule has 0 radical (unpaired) electrons. The van der Waals surface area contributed by atoms with E-state index in [0.29, 0.717) is 17.2 Å². The van der Waals surface area contributed by atoms with Gasteiger partial charge >= 0.3 is 0 Å². The monoisotopic (exact) mass is 432 g/mol. The third-order valence-corrected chi connectivity index (χ3v) is 5.46. The SMILES string of the molecule is COc1cc(N2CCCC2)c(OC)cc1C=Nc1ccc(Oc2ccccc2OC)cc1. The third-order valence-electron chi connectivity index (χ3n) is 5.46. The van der Waals surface area contributed by atoms with Crippen LogP contribution < -0.4 is 23.8 Å². The molecule has 1 heterocycles. The van der Waals surface area contributed by atoms with Crippen molar-refractivity contribution in [3.05, 3.63) is 66.2 Å². The highest BCUT2D eigenvalue weighted by molar-refractivity contribution is 5.88.